The maximum absolute atomic E-state index is 13.5. The summed E-state index contributed by atoms with van der Waals surface area (Å²) in [6, 6.07) is 10.4. The van der Waals surface area contributed by atoms with Gasteiger partial charge in [0.05, 0.1) is 38.7 Å². The number of aliphatic imine (C=N–C) groups is 1. The molecule has 4 heterocycles. The number of nitrogens with one attached hydrogen (secondary N) is 3. The largest absolute Gasteiger partial charge is 0.453 e. The predicted octanol–water partition coefficient (Wildman–Crippen LogP) is 5.88. The minimum Gasteiger partial charge on any atom is -0.453 e. The van der Waals surface area contributed by atoms with E-state index in [0.29, 0.717) is 36.1 Å². The van der Waals surface area contributed by atoms with E-state index in [4.69, 9.17) is 9.62 Å². The van der Waals surface area contributed by atoms with Gasteiger partial charge >= 0.3 is 6.09 Å². The lowest BCUT2D eigenvalue weighted by molar-refractivity contribution is -0.188. The Morgan fingerprint density at radius 3 is 1.72 bits per heavy atom. The summed E-state index contributed by atoms with van der Waals surface area (Å²) in [5, 5.41) is 4.74. The molecule has 3 amide bonds. The first-order valence-corrected chi connectivity index (χ1v) is 18.9. The van der Waals surface area contributed by atoms with Gasteiger partial charge in [-0.25, -0.2) is 19.8 Å². The number of methoxy groups -OCH3 is 1. The molecule has 2 saturated heterocycles. The van der Waals surface area contributed by atoms with Gasteiger partial charge in [-0.05, 0) is 84.4 Å². The Hall–Kier alpha value is -4.72. The highest BCUT2D eigenvalue weighted by Gasteiger charge is 2.38. The number of amides is 3. The number of carbonyl (C=O) groups is 3. The normalized spacial score (nSPS) is 16.6. The molecule has 60 heavy (non-hydrogen) atoms. The minimum absolute atomic E-state index is 0. The standard InChI is InChI=1S/C42H48N8O6.4H2S/c1-26(2)36(45-25-56-55-6)40(51)49-19-7-9-34(49)38-43-23-32(46-38)17-13-28-11-15-31-22-29(12-16-30(31)21-28)14-18-33-24-44-39(47-33)35-10-8-20-50(35)41(52)37(27(3)4)48-42(53)54-5;;;;/h11-12,15-16,21-27,34-37H,7-10,19-20H2,1-6H3,(H,43,46)(H,44,47)(H,48,53);4*1H2/t34-,35-,36-,37-;;;;/m0..../s1. The van der Waals surface area contributed by atoms with E-state index in [1.165, 1.54) is 20.6 Å². The molecule has 324 valence electrons. The Kier molecular flexibility index (Phi) is 20.5. The molecular weight excluding hydrogens is 841 g/mol. The van der Waals surface area contributed by atoms with Crippen LogP contribution in [0.5, 0.6) is 0 Å². The molecule has 2 fully saturated rings. The second-order valence-corrected chi connectivity index (χ2v) is 14.6. The zero-order valence-corrected chi connectivity index (χ0v) is 38.6. The van der Waals surface area contributed by atoms with E-state index in [1.54, 1.807) is 17.3 Å². The Balaban J connectivity index is 0.00000310. The number of alkyl carbamates (subject to hydrolysis) is 1. The number of hydrogen-bond donors (Lipinski definition) is 3. The fourth-order valence-electron chi connectivity index (χ4n) is 7.15. The zero-order chi connectivity index (χ0) is 39.8. The highest BCUT2D eigenvalue weighted by Crippen LogP contribution is 2.33. The van der Waals surface area contributed by atoms with Crippen molar-refractivity contribution in [1.82, 2.24) is 35.1 Å². The molecule has 4 aromatic rings. The molecule has 0 aliphatic carbocycles. The first kappa shape index (κ1) is 51.4. The lowest BCUT2D eigenvalue weighted by atomic mass is 10.0. The number of nitrogens with zero attached hydrogens (tertiary/aromatic N) is 5. The number of aromatic nitrogens is 4. The van der Waals surface area contributed by atoms with E-state index >= 15 is 0 Å². The molecule has 2 aliphatic rings. The Morgan fingerprint density at radius 1 is 0.767 bits per heavy atom. The van der Waals surface area contributed by atoms with Crippen LogP contribution in [0.25, 0.3) is 10.8 Å². The molecule has 4 atom stereocenters. The van der Waals surface area contributed by atoms with Crippen LogP contribution in [0, 0.1) is 35.5 Å². The van der Waals surface area contributed by atoms with Crippen molar-refractivity contribution in [2.75, 3.05) is 27.3 Å². The van der Waals surface area contributed by atoms with Gasteiger partial charge in [0.1, 0.15) is 35.1 Å². The molecule has 0 unspecified atom stereocenters. The molecule has 2 aromatic heterocycles. The van der Waals surface area contributed by atoms with Crippen molar-refractivity contribution in [1.29, 1.82) is 0 Å². The van der Waals surface area contributed by atoms with E-state index in [2.05, 4.69) is 58.8 Å². The molecule has 0 spiro atoms. The SMILES string of the molecule is COOC=N[C@H](C(=O)N1CCC[C@H]1c1ncc(C#Cc2ccc3cc(C#Cc4cnc([C@@H]5CCCN5C(=O)[C@@H](NC(=O)OC)C(C)C)[nH]4)ccc3c2)[nH]1)C(C)C.S.S.S.S. The van der Waals surface area contributed by atoms with E-state index in [1.807, 2.05) is 69.0 Å². The van der Waals surface area contributed by atoms with E-state index in [9.17, 15) is 14.4 Å². The topological polar surface area (TPSA) is 167 Å². The van der Waals surface area contributed by atoms with Crippen LogP contribution in [-0.2, 0) is 24.1 Å². The molecule has 6 rings (SSSR count). The minimum atomic E-state index is -0.696. The molecule has 14 nitrogen and oxygen atoms in total. The van der Waals surface area contributed by atoms with Crippen LogP contribution in [0.1, 0.15) is 99.6 Å². The number of likely N-dealkylation sites (tertiary alicyclic amines) is 2. The second kappa shape index (κ2) is 23.9. The summed E-state index contributed by atoms with van der Waals surface area (Å²) >= 11 is 0. The van der Waals surface area contributed by atoms with Gasteiger partial charge in [-0.15, -0.1) is 0 Å². The molecule has 0 radical (unpaired) electrons. The first-order valence-electron chi connectivity index (χ1n) is 18.9. The number of rotatable bonds is 10. The number of imidazole rings is 2. The molecular formula is C42H56N8O6S4. The molecule has 3 N–H and O–H groups in total. The van der Waals surface area contributed by atoms with Gasteiger partial charge < -0.3 is 34.7 Å². The molecule has 0 bridgehead atoms. The molecule has 0 saturated carbocycles. The third-order valence-electron chi connectivity index (χ3n) is 10.1. The van der Waals surface area contributed by atoms with Gasteiger partial charge in [-0.1, -0.05) is 51.7 Å². The summed E-state index contributed by atoms with van der Waals surface area (Å²) in [5.74, 6) is 13.8. The van der Waals surface area contributed by atoms with E-state index in [0.717, 1.165) is 47.6 Å². The van der Waals surface area contributed by atoms with Crippen LogP contribution in [0.15, 0.2) is 53.8 Å². The average molecular weight is 897 g/mol. The summed E-state index contributed by atoms with van der Waals surface area (Å²) in [7, 11) is 2.67. The van der Waals surface area contributed by atoms with Crippen molar-refractivity contribution in [2.24, 2.45) is 16.8 Å². The number of hydrogen-bond acceptors (Lipinski definition) is 9. The van der Waals surface area contributed by atoms with Crippen LogP contribution in [0.2, 0.25) is 0 Å². The van der Waals surface area contributed by atoms with Gasteiger partial charge in [0, 0.05) is 24.2 Å². The van der Waals surface area contributed by atoms with Gasteiger partial charge in [0.25, 0.3) is 0 Å². The van der Waals surface area contributed by atoms with Crippen molar-refractivity contribution in [3.8, 4) is 23.7 Å². The van der Waals surface area contributed by atoms with Crippen LogP contribution in [0.3, 0.4) is 0 Å². The number of benzene rings is 2. The van der Waals surface area contributed by atoms with Crippen molar-refractivity contribution >= 4 is 89.1 Å². The predicted molar refractivity (Wildman–Crippen MR) is 251 cm³/mol. The summed E-state index contributed by atoms with van der Waals surface area (Å²) in [4.78, 5) is 71.9. The van der Waals surface area contributed by atoms with E-state index in [-0.39, 0.29) is 89.7 Å². The first-order chi connectivity index (χ1) is 27.1. The number of carbonyl (C=O) groups excluding carboxylic acids is 3. The Labute approximate surface area is 379 Å². The van der Waals surface area contributed by atoms with E-state index < -0.39 is 18.2 Å². The maximum atomic E-state index is 13.5. The van der Waals surface area contributed by atoms with Crippen LogP contribution < -0.4 is 5.32 Å². The fourth-order valence-corrected chi connectivity index (χ4v) is 7.15. The van der Waals surface area contributed by atoms with Crippen molar-refractivity contribution in [3.05, 3.63) is 83.0 Å². The van der Waals surface area contributed by atoms with Gasteiger partial charge in [-0.2, -0.15) is 58.9 Å². The lowest BCUT2D eigenvalue weighted by Crippen LogP contribution is -2.51. The highest BCUT2D eigenvalue weighted by molar-refractivity contribution is 7.59. The zero-order valence-electron chi connectivity index (χ0n) is 34.6. The molecule has 2 aromatic carbocycles. The molecule has 18 heteroatoms. The maximum Gasteiger partial charge on any atom is 0.407 e. The monoisotopic (exact) mass is 896 g/mol. The van der Waals surface area contributed by atoms with Crippen LogP contribution in [-0.4, -0.2) is 93.4 Å². The third-order valence-corrected chi connectivity index (χ3v) is 10.1. The smallest absolute Gasteiger partial charge is 0.407 e. The van der Waals surface area contributed by atoms with Crippen molar-refractivity contribution in [2.45, 2.75) is 77.5 Å². The number of aromatic amines is 2. The van der Waals surface area contributed by atoms with Gasteiger partial charge in [0.15, 0.2) is 0 Å². The number of ether oxygens (including phenoxy) is 1. The van der Waals surface area contributed by atoms with Gasteiger partial charge in [0.2, 0.25) is 18.2 Å². The molecule has 2 aliphatic heterocycles. The lowest BCUT2D eigenvalue weighted by Gasteiger charge is -2.29. The van der Waals surface area contributed by atoms with Crippen LogP contribution >= 0.6 is 54.0 Å². The third kappa shape index (κ3) is 12.4. The second-order valence-electron chi connectivity index (χ2n) is 14.6. The van der Waals surface area contributed by atoms with Gasteiger partial charge in [-0.3, -0.25) is 9.59 Å². The fraction of sp³-hybridized carbons (Fsp3) is 0.429. The number of H-pyrrole nitrogens is 2. The summed E-state index contributed by atoms with van der Waals surface area (Å²) < 4.78 is 4.74. The number of fused-ring (bicyclic) bond motifs is 1. The summed E-state index contributed by atoms with van der Waals surface area (Å²) in [5.41, 5.74) is 3.01. The summed E-state index contributed by atoms with van der Waals surface area (Å²) in [6.07, 6.45) is 7.20. The average Bonchev–Trinajstić information content (AvgIpc) is 4.03. The van der Waals surface area contributed by atoms with Crippen molar-refractivity contribution in [3.63, 3.8) is 0 Å². The summed E-state index contributed by atoms with van der Waals surface area (Å²) in [6.45, 7) is 8.89. The highest BCUT2D eigenvalue weighted by atomic mass is 32.1. The Morgan fingerprint density at radius 2 is 1.27 bits per heavy atom. The Bertz CT molecular complexity index is 2220. The van der Waals surface area contributed by atoms with Crippen molar-refractivity contribution < 1.29 is 28.9 Å². The van der Waals surface area contributed by atoms with Crippen LogP contribution in [0.4, 0.5) is 4.79 Å². The quantitative estimate of drug-likeness (QED) is 0.0584.